The minimum atomic E-state index is -0.335. The Hall–Kier alpha value is -2.79. The summed E-state index contributed by atoms with van der Waals surface area (Å²) in [6, 6.07) is 12.2. The smallest absolute Gasteiger partial charge is 0.291 e. The lowest BCUT2D eigenvalue weighted by atomic mass is 10.1. The van der Waals surface area contributed by atoms with Crippen LogP contribution in [0, 0.1) is 6.92 Å². The number of nitrogens with one attached hydrogen (secondary N) is 1. The summed E-state index contributed by atoms with van der Waals surface area (Å²) >= 11 is 6.02. The lowest BCUT2D eigenvalue weighted by Crippen LogP contribution is -2.27. The highest BCUT2D eigenvalue weighted by molar-refractivity contribution is 6.31. The van der Waals surface area contributed by atoms with E-state index in [4.69, 9.17) is 16.0 Å². The van der Waals surface area contributed by atoms with Crippen LogP contribution < -0.4 is 5.32 Å². The summed E-state index contributed by atoms with van der Waals surface area (Å²) in [5, 5.41) is 4.23. The lowest BCUT2D eigenvalue weighted by Gasteiger charge is -2.15. The van der Waals surface area contributed by atoms with Gasteiger partial charge in [-0.15, -0.1) is 0 Å². The molecule has 0 radical (unpaired) electrons. The number of halogens is 1. The van der Waals surface area contributed by atoms with Gasteiger partial charge >= 0.3 is 0 Å². The van der Waals surface area contributed by atoms with Crippen LogP contribution in [-0.2, 0) is 0 Å². The van der Waals surface area contributed by atoms with E-state index < -0.39 is 0 Å². The average Bonchev–Trinajstić information content (AvgIpc) is 3.31. The van der Waals surface area contributed by atoms with Gasteiger partial charge in [0.2, 0.25) is 0 Å². The van der Waals surface area contributed by atoms with Gasteiger partial charge < -0.3 is 14.6 Å². The molecular weight excluding hydrogens is 364 g/mol. The highest BCUT2D eigenvalue weighted by atomic mass is 35.5. The summed E-state index contributed by atoms with van der Waals surface area (Å²) < 4.78 is 5.69. The molecule has 4 rings (SSSR count). The molecule has 138 valence electrons. The van der Waals surface area contributed by atoms with E-state index in [-0.39, 0.29) is 17.6 Å². The number of likely N-dealkylation sites (tertiary alicyclic amines) is 1. The number of aryl methyl sites for hydroxylation is 1. The zero-order valence-corrected chi connectivity index (χ0v) is 15.7. The quantitative estimate of drug-likeness (QED) is 0.702. The predicted octanol–water partition coefficient (Wildman–Crippen LogP) is 4.88. The SMILES string of the molecule is Cc1c(C(=O)Nc2ccc(C(=O)N3CCCC3)cc2)oc2ccc(Cl)cc12. The fourth-order valence-corrected chi connectivity index (χ4v) is 3.57. The maximum absolute atomic E-state index is 12.6. The molecule has 5 nitrogen and oxygen atoms in total. The van der Waals surface area contributed by atoms with Gasteiger partial charge in [-0.05, 0) is 62.2 Å². The predicted molar refractivity (Wildman–Crippen MR) is 105 cm³/mol. The molecule has 1 aromatic heterocycles. The summed E-state index contributed by atoms with van der Waals surface area (Å²) in [5.41, 5.74) is 2.60. The molecule has 0 spiro atoms. The maximum Gasteiger partial charge on any atom is 0.291 e. The molecule has 2 amide bonds. The third-order valence-corrected chi connectivity index (χ3v) is 5.12. The first kappa shape index (κ1) is 17.6. The van der Waals surface area contributed by atoms with Crippen molar-refractivity contribution in [3.05, 3.63) is 64.4 Å². The van der Waals surface area contributed by atoms with E-state index >= 15 is 0 Å². The summed E-state index contributed by atoms with van der Waals surface area (Å²) in [5.74, 6) is -0.0432. The Labute approximate surface area is 161 Å². The Morgan fingerprint density at radius 3 is 2.48 bits per heavy atom. The molecular formula is C21H19ClN2O3. The van der Waals surface area contributed by atoms with Crippen LogP contribution in [0.15, 0.2) is 46.9 Å². The summed E-state index contributed by atoms with van der Waals surface area (Å²) in [6.45, 7) is 3.45. The molecule has 2 heterocycles. The summed E-state index contributed by atoms with van der Waals surface area (Å²) in [4.78, 5) is 26.8. The number of hydrogen-bond acceptors (Lipinski definition) is 3. The number of fused-ring (bicyclic) bond motifs is 1. The van der Waals surface area contributed by atoms with Crippen LogP contribution in [0.1, 0.15) is 39.3 Å². The topological polar surface area (TPSA) is 62.6 Å². The molecule has 27 heavy (non-hydrogen) atoms. The molecule has 0 unspecified atom stereocenters. The number of anilines is 1. The van der Waals surface area contributed by atoms with E-state index in [1.54, 1.807) is 42.5 Å². The van der Waals surface area contributed by atoms with Crippen LogP contribution in [-0.4, -0.2) is 29.8 Å². The Bertz CT molecular complexity index is 1020. The third-order valence-electron chi connectivity index (χ3n) is 4.89. The Balaban J connectivity index is 1.51. The van der Waals surface area contributed by atoms with E-state index in [0.29, 0.717) is 21.9 Å². The van der Waals surface area contributed by atoms with Crippen LogP contribution >= 0.6 is 11.6 Å². The number of carbonyl (C=O) groups is 2. The fraction of sp³-hybridized carbons (Fsp3) is 0.238. The second-order valence-electron chi connectivity index (χ2n) is 6.73. The zero-order valence-electron chi connectivity index (χ0n) is 14.9. The summed E-state index contributed by atoms with van der Waals surface area (Å²) in [7, 11) is 0. The standard InChI is InChI=1S/C21H19ClN2O3/c1-13-17-12-15(22)6-9-18(17)27-19(13)20(25)23-16-7-4-14(5-8-16)21(26)24-10-2-3-11-24/h4-9,12H,2-3,10-11H2,1H3,(H,23,25). The van der Waals surface area contributed by atoms with Crippen molar-refractivity contribution in [1.82, 2.24) is 4.90 Å². The zero-order chi connectivity index (χ0) is 19.0. The van der Waals surface area contributed by atoms with Crippen molar-refractivity contribution in [3.63, 3.8) is 0 Å². The van der Waals surface area contributed by atoms with Gasteiger partial charge in [0, 0.05) is 40.3 Å². The van der Waals surface area contributed by atoms with Gasteiger partial charge in [-0.1, -0.05) is 11.6 Å². The minimum absolute atomic E-state index is 0.0374. The lowest BCUT2D eigenvalue weighted by molar-refractivity contribution is 0.0792. The van der Waals surface area contributed by atoms with Gasteiger partial charge in [0.05, 0.1) is 0 Å². The number of benzene rings is 2. The number of rotatable bonds is 3. The Morgan fingerprint density at radius 1 is 1.07 bits per heavy atom. The number of amides is 2. The molecule has 2 aromatic carbocycles. The molecule has 3 aromatic rings. The molecule has 1 N–H and O–H groups in total. The van der Waals surface area contributed by atoms with Crippen LogP contribution in [0.5, 0.6) is 0 Å². The highest BCUT2D eigenvalue weighted by Crippen LogP contribution is 2.28. The first-order valence-electron chi connectivity index (χ1n) is 8.92. The highest BCUT2D eigenvalue weighted by Gasteiger charge is 2.20. The first-order chi connectivity index (χ1) is 13.0. The van der Waals surface area contributed by atoms with E-state index in [1.807, 2.05) is 11.8 Å². The van der Waals surface area contributed by atoms with E-state index in [9.17, 15) is 9.59 Å². The molecule has 6 heteroatoms. The average molecular weight is 383 g/mol. The van der Waals surface area contributed by atoms with Crippen LogP contribution in [0.25, 0.3) is 11.0 Å². The second-order valence-corrected chi connectivity index (χ2v) is 7.16. The molecule has 0 atom stereocenters. The van der Waals surface area contributed by atoms with Crippen molar-refractivity contribution in [2.24, 2.45) is 0 Å². The van der Waals surface area contributed by atoms with Gasteiger partial charge in [-0.25, -0.2) is 0 Å². The monoisotopic (exact) mass is 382 g/mol. The normalized spacial score (nSPS) is 13.9. The van der Waals surface area contributed by atoms with E-state index in [0.717, 1.165) is 36.9 Å². The van der Waals surface area contributed by atoms with Crippen LogP contribution in [0.4, 0.5) is 5.69 Å². The first-order valence-corrected chi connectivity index (χ1v) is 9.30. The van der Waals surface area contributed by atoms with Crippen molar-refractivity contribution >= 4 is 40.1 Å². The number of furan rings is 1. The van der Waals surface area contributed by atoms with Gasteiger partial charge in [0.1, 0.15) is 5.58 Å². The molecule has 1 aliphatic rings. The van der Waals surface area contributed by atoms with Crippen molar-refractivity contribution in [1.29, 1.82) is 0 Å². The second kappa shape index (κ2) is 7.08. The number of nitrogens with zero attached hydrogens (tertiary/aromatic N) is 1. The Kier molecular flexibility index (Phi) is 4.62. The van der Waals surface area contributed by atoms with Gasteiger partial charge in [0.25, 0.3) is 11.8 Å². The molecule has 0 aliphatic carbocycles. The Morgan fingerprint density at radius 2 is 1.78 bits per heavy atom. The number of hydrogen-bond donors (Lipinski definition) is 1. The van der Waals surface area contributed by atoms with Crippen molar-refractivity contribution in [2.75, 3.05) is 18.4 Å². The molecule has 1 aliphatic heterocycles. The van der Waals surface area contributed by atoms with Crippen molar-refractivity contribution < 1.29 is 14.0 Å². The fourth-order valence-electron chi connectivity index (χ4n) is 3.40. The van der Waals surface area contributed by atoms with Crippen molar-refractivity contribution in [2.45, 2.75) is 19.8 Å². The molecule has 1 fully saturated rings. The third kappa shape index (κ3) is 3.43. The van der Waals surface area contributed by atoms with E-state index in [2.05, 4.69) is 5.32 Å². The van der Waals surface area contributed by atoms with E-state index in [1.165, 1.54) is 0 Å². The number of carbonyl (C=O) groups excluding carboxylic acids is 2. The van der Waals surface area contributed by atoms with Crippen LogP contribution in [0.2, 0.25) is 5.02 Å². The minimum Gasteiger partial charge on any atom is -0.451 e. The van der Waals surface area contributed by atoms with Gasteiger partial charge in [-0.2, -0.15) is 0 Å². The van der Waals surface area contributed by atoms with Crippen LogP contribution in [0.3, 0.4) is 0 Å². The largest absolute Gasteiger partial charge is 0.451 e. The summed E-state index contributed by atoms with van der Waals surface area (Å²) in [6.07, 6.45) is 2.11. The van der Waals surface area contributed by atoms with Crippen molar-refractivity contribution in [3.8, 4) is 0 Å². The molecule has 1 saturated heterocycles. The maximum atomic E-state index is 12.6. The van der Waals surface area contributed by atoms with Gasteiger partial charge in [-0.3, -0.25) is 9.59 Å². The molecule has 0 bridgehead atoms. The molecule has 0 saturated carbocycles. The van der Waals surface area contributed by atoms with Gasteiger partial charge in [0.15, 0.2) is 5.76 Å².